The number of hydrogen-bond donors (Lipinski definition) is 2. The average molecular weight is 266 g/mol. The third-order valence-electron chi connectivity index (χ3n) is 2.78. The molecule has 5 nitrogen and oxygen atoms in total. The fraction of sp³-hybridized carbons (Fsp3) is 0.714. The largest absolute Gasteiger partial charge is 0.354 e. The average Bonchev–Trinajstić information content (AvgIpc) is 2.65. The standard InChI is InChI=1S/C14H26N4O/c1-10(2)14-12(9-18(5)17-14)8-15-7-6-13(19)16-11(3)4/h9-11,15H,6-8H2,1-5H3,(H,16,19). The smallest absolute Gasteiger partial charge is 0.221 e. The van der Waals surface area contributed by atoms with Gasteiger partial charge in [-0.2, -0.15) is 5.10 Å². The topological polar surface area (TPSA) is 59.0 Å². The van der Waals surface area contributed by atoms with E-state index in [9.17, 15) is 4.79 Å². The van der Waals surface area contributed by atoms with Gasteiger partial charge in [-0.05, 0) is 19.8 Å². The number of nitrogens with one attached hydrogen (secondary N) is 2. The lowest BCUT2D eigenvalue weighted by molar-refractivity contribution is -0.121. The Morgan fingerprint density at radius 1 is 1.37 bits per heavy atom. The molecule has 0 radical (unpaired) electrons. The third-order valence-corrected chi connectivity index (χ3v) is 2.78. The highest BCUT2D eigenvalue weighted by atomic mass is 16.1. The summed E-state index contributed by atoms with van der Waals surface area (Å²) in [7, 11) is 1.94. The van der Waals surface area contributed by atoms with E-state index >= 15 is 0 Å². The Hall–Kier alpha value is -1.36. The molecular formula is C14H26N4O. The fourth-order valence-corrected chi connectivity index (χ4v) is 2.00. The molecule has 1 heterocycles. The first-order chi connectivity index (χ1) is 8.90. The number of rotatable bonds is 7. The van der Waals surface area contributed by atoms with E-state index in [1.807, 2.05) is 31.8 Å². The summed E-state index contributed by atoms with van der Waals surface area (Å²) in [5, 5.41) is 10.6. The van der Waals surface area contributed by atoms with Crippen molar-refractivity contribution in [2.24, 2.45) is 7.05 Å². The summed E-state index contributed by atoms with van der Waals surface area (Å²) in [6, 6.07) is 0.207. The lowest BCUT2D eigenvalue weighted by Gasteiger charge is -2.09. The van der Waals surface area contributed by atoms with E-state index in [4.69, 9.17) is 0 Å². The molecule has 19 heavy (non-hydrogen) atoms. The van der Waals surface area contributed by atoms with Crippen LogP contribution < -0.4 is 10.6 Å². The minimum atomic E-state index is 0.0952. The lowest BCUT2D eigenvalue weighted by atomic mass is 10.1. The zero-order valence-corrected chi connectivity index (χ0v) is 12.7. The van der Waals surface area contributed by atoms with Crippen LogP contribution in [0.2, 0.25) is 0 Å². The summed E-state index contributed by atoms with van der Waals surface area (Å²) in [6.07, 6.45) is 2.55. The third kappa shape index (κ3) is 5.42. The molecule has 1 amide bonds. The molecule has 1 rings (SSSR count). The van der Waals surface area contributed by atoms with Crippen LogP contribution in [0.3, 0.4) is 0 Å². The van der Waals surface area contributed by atoms with Gasteiger partial charge < -0.3 is 10.6 Å². The molecule has 0 spiro atoms. The molecule has 0 aliphatic rings. The maximum Gasteiger partial charge on any atom is 0.221 e. The minimum Gasteiger partial charge on any atom is -0.354 e. The molecule has 5 heteroatoms. The SMILES string of the molecule is CC(C)NC(=O)CCNCc1cn(C)nc1C(C)C. The van der Waals surface area contributed by atoms with E-state index in [0.717, 1.165) is 12.2 Å². The first-order valence-corrected chi connectivity index (χ1v) is 6.92. The van der Waals surface area contributed by atoms with E-state index < -0.39 is 0 Å². The minimum absolute atomic E-state index is 0.0952. The molecule has 0 aliphatic heterocycles. The second-order valence-corrected chi connectivity index (χ2v) is 5.52. The van der Waals surface area contributed by atoms with Crippen LogP contribution in [0.1, 0.15) is 51.3 Å². The number of nitrogens with zero attached hydrogens (tertiary/aromatic N) is 2. The zero-order valence-electron chi connectivity index (χ0n) is 12.7. The van der Waals surface area contributed by atoms with Gasteiger partial charge in [0, 0.05) is 44.4 Å². The maximum absolute atomic E-state index is 11.5. The first-order valence-electron chi connectivity index (χ1n) is 6.92. The normalized spacial score (nSPS) is 11.3. The Balaban J connectivity index is 2.35. The van der Waals surface area contributed by atoms with E-state index in [1.54, 1.807) is 0 Å². The van der Waals surface area contributed by atoms with Crippen molar-refractivity contribution in [3.63, 3.8) is 0 Å². The van der Waals surface area contributed by atoms with E-state index in [0.29, 0.717) is 18.9 Å². The molecule has 0 aliphatic carbocycles. The molecule has 0 unspecified atom stereocenters. The number of carbonyl (C=O) groups excluding carboxylic acids is 1. The number of amides is 1. The molecule has 108 valence electrons. The highest BCUT2D eigenvalue weighted by molar-refractivity contribution is 5.76. The zero-order chi connectivity index (χ0) is 14.4. The second-order valence-electron chi connectivity index (χ2n) is 5.52. The Morgan fingerprint density at radius 2 is 2.05 bits per heavy atom. The van der Waals surface area contributed by atoms with Crippen LogP contribution in [0.4, 0.5) is 0 Å². The molecule has 1 aromatic rings. The lowest BCUT2D eigenvalue weighted by Crippen LogP contribution is -2.32. The van der Waals surface area contributed by atoms with Crippen molar-refractivity contribution in [1.29, 1.82) is 0 Å². The highest BCUT2D eigenvalue weighted by Crippen LogP contribution is 2.16. The number of carbonyl (C=O) groups is 1. The van der Waals surface area contributed by atoms with Crippen LogP contribution in [0.5, 0.6) is 0 Å². The molecule has 0 atom stereocenters. The Morgan fingerprint density at radius 3 is 2.63 bits per heavy atom. The summed E-state index contributed by atoms with van der Waals surface area (Å²) in [5.41, 5.74) is 2.34. The van der Waals surface area contributed by atoms with Gasteiger partial charge in [-0.15, -0.1) is 0 Å². The number of aryl methyl sites for hydroxylation is 1. The summed E-state index contributed by atoms with van der Waals surface area (Å²) >= 11 is 0. The summed E-state index contributed by atoms with van der Waals surface area (Å²) in [5.74, 6) is 0.514. The molecule has 0 saturated heterocycles. The van der Waals surface area contributed by atoms with Gasteiger partial charge in [0.2, 0.25) is 5.91 Å². The summed E-state index contributed by atoms with van der Waals surface area (Å²) in [6.45, 7) is 9.66. The van der Waals surface area contributed by atoms with Gasteiger partial charge in [0.1, 0.15) is 0 Å². The molecule has 0 fully saturated rings. The fourth-order valence-electron chi connectivity index (χ4n) is 2.00. The van der Waals surface area contributed by atoms with E-state index in [1.165, 1.54) is 5.56 Å². The van der Waals surface area contributed by atoms with E-state index in [-0.39, 0.29) is 11.9 Å². The van der Waals surface area contributed by atoms with Crippen molar-refractivity contribution in [2.75, 3.05) is 6.54 Å². The van der Waals surface area contributed by atoms with Crippen molar-refractivity contribution in [3.05, 3.63) is 17.5 Å². The van der Waals surface area contributed by atoms with Crippen LogP contribution in [0, 0.1) is 0 Å². The predicted octanol–water partition coefficient (Wildman–Crippen LogP) is 1.55. The van der Waals surface area contributed by atoms with Crippen molar-refractivity contribution < 1.29 is 4.79 Å². The summed E-state index contributed by atoms with van der Waals surface area (Å²) in [4.78, 5) is 11.5. The van der Waals surface area contributed by atoms with Gasteiger partial charge in [0.25, 0.3) is 0 Å². The molecule has 0 bridgehead atoms. The Bertz CT molecular complexity index is 410. The maximum atomic E-state index is 11.5. The van der Waals surface area contributed by atoms with Gasteiger partial charge in [-0.1, -0.05) is 13.8 Å². The van der Waals surface area contributed by atoms with Crippen LogP contribution in [0.25, 0.3) is 0 Å². The van der Waals surface area contributed by atoms with Crippen molar-refractivity contribution >= 4 is 5.91 Å². The highest BCUT2D eigenvalue weighted by Gasteiger charge is 2.11. The van der Waals surface area contributed by atoms with Crippen LogP contribution >= 0.6 is 0 Å². The van der Waals surface area contributed by atoms with Crippen molar-refractivity contribution in [1.82, 2.24) is 20.4 Å². The second kappa shape index (κ2) is 7.28. The van der Waals surface area contributed by atoms with Gasteiger partial charge in [-0.25, -0.2) is 0 Å². The van der Waals surface area contributed by atoms with Crippen LogP contribution in [0.15, 0.2) is 6.20 Å². The van der Waals surface area contributed by atoms with Gasteiger partial charge in [-0.3, -0.25) is 9.48 Å². The quantitative estimate of drug-likeness (QED) is 0.736. The number of hydrogen-bond acceptors (Lipinski definition) is 3. The molecule has 1 aromatic heterocycles. The van der Waals surface area contributed by atoms with Crippen molar-refractivity contribution in [3.8, 4) is 0 Å². The molecular weight excluding hydrogens is 240 g/mol. The molecule has 0 saturated carbocycles. The Labute approximate surface area is 115 Å². The van der Waals surface area contributed by atoms with Crippen LogP contribution in [-0.4, -0.2) is 28.3 Å². The van der Waals surface area contributed by atoms with Crippen LogP contribution in [-0.2, 0) is 18.4 Å². The first kappa shape index (κ1) is 15.7. The predicted molar refractivity (Wildman–Crippen MR) is 76.9 cm³/mol. The summed E-state index contributed by atoms with van der Waals surface area (Å²) < 4.78 is 1.85. The van der Waals surface area contributed by atoms with Gasteiger partial charge in [0.15, 0.2) is 0 Å². The van der Waals surface area contributed by atoms with Gasteiger partial charge >= 0.3 is 0 Å². The number of aromatic nitrogens is 2. The van der Waals surface area contributed by atoms with Gasteiger partial charge in [0.05, 0.1) is 5.69 Å². The monoisotopic (exact) mass is 266 g/mol. The van der Waals surface area contributed by atoms with Crippen molar-refractivity contribution in [2.45, 2.75) is 52.6 Å². The molecule has 0 aromatic carbocycles. The van der Waals surface area contributed by atoms with E-state index in [2.05, 4.69) is 29.6 Å². The molecule has 2 N–H and O–H groups in total. The Kier molecular flexibility index (Phi) is 6.02.